The molecular formula is C19H28FN3O2. The number of carbonyl (C=O) groups excluding carboxylic acids is 1. The maximum absolute atomic E-state index is 14.1. The third-order valence-corrected chi connectivity index (χ3v) is 5.36. The van der Waals surface area contributed by atoms with E-state index in [-0.39, 0.29) is 25.0 Å². The van der Waals surface area contributed by atoms with Crippen LogP contribution in [0.3, 0.4) is 0 Å². The summed E-state index contributed by atoms with van der Waals surface area (Å²) in [6.07, 6.45) is 2.57. The number of aryl methyl sites for hydroxylation is 1. The Kier molecular flexibility index (Phi) is 5.59. The molecule has 0 radical (unpaired) electrons. The highest BCUT2D eigenvalue weighted by Gasteiger charge is 2.40. The average molecular weight is 349 g/mol. The molecule has 0 aromatic heterocycles. The molecule has 2 heterocycles. The lowest BCUT2D eigenvalue weighted by Crippen LogP contribution is -2.44. The summed E-state index contributed by atoms with van der Waals surface area (Å²) in [5, 5.41) is 12.1. The van der Waals surface area contributed by atoms with Crippen molar-refractivity contribution in [3.63, 3.8) is 0 Å². The highest BCUT2D eigenvalue weighted by molar-refractivity contribution is 5.74. The second-order valence-electron chi connectivity index (χ2n) is 7.34. The first-order chi connectivity index (χ1) is 12.0. The fourth-order valence-corrected chi connectivity index (χ4v) is 3.73. The van der Waals surface area contributed by atoms with Crippen LogP contribution in [0, 0.1) is 6.92 Å². The number of amides is 2. The number of halogens is 1. The first-order valence-electron chi connectivity index (χ1n) is 9.14. The van der Waals surface area contributed by atoms with E-state index in [9.17, 15) is 9.18 Å². The molecule has 2 unspecified atom stereocenters. The van der Waals surface area contributed by atoms with Gasteiger partial charge in [-0.15, -0.1) is 0 Å². The van der Waals surface area contributed by atoms with E-state index in [0.29, 0.717) is 13.1 Å². The Morgan fingerprint density at radius 3 is 2.56 bits per heavy atom. The highest BCUT2D eigenvalue weighted by Crippen LogP contribution is 2.27. The molecular weight excluding hydrogens is 321 g/mol. The molecule has 0 spiro atoms. The molecule has 2 saturated heterocycles. The second-order valence-corrected chi connectivity index (χ2v) is 7.34. The minimum atomic E-state index is -1.65. The van der Waals surface area contributed by atoms with Crippen LogP contribution in [-0.4, -0.2) is 65.9 Å². The van der Waals surface area contributed by atoms with Gasteiger partial charge in [-0.2, -0.15) is 0 Å². The van der Waals surface area contributed by atoms with E-state index in [1.54, 1.807) is 0 Å². The summed E-state index contributed by atoms with van der Waals surface area (Å²) in [4.78, 5) is 16.3. The van der Waals surface area contributed by atoms with E-state index < -0.39 is 12.3 Å². The van der Waals surface area contributed by atoms with Gasteiger partial charge in [0.2, 0.25) is 0 Å². The van der Waals surface area contributed by atoms with Crippen molar-refractivity contribution in [3.8, 4) is 0 Å². The van der Waals surface area contributed by atoms with Crippen LogP contribution in [0.4, 0.5) is 9.18 Å². The summed E-state index contributed by atoms with van der Waals surface area (Å²) in [5.41, 5.74) is 0.764. The van der Waals surface area contributed by atoms with Gasteiger partial charge in [0.25, 0.3) is 0 Å². The molecule has 2 atom stereocenters. The largest absolute Gasteiger partial charge is 0.393 e. The van der Waals surface area contributed by atoms with Crippen molar-refractivity contribution in [2.45, 2.75) is 37.9 Å². The molecule has 2 aliphatic rings. The zero-order chi connectivity index (χ0) is 17.9. The number of carbonyl (C=O) groups is 1. The van der Waals surface area contributed by atoms with Crippen LogP contribution in [-0.2, 0) is 0 Å². The van der Waals surface area contributed by atoms with Gasteiger partial charge in [0, 0.05) is 19.5 Å². The predicted molar refractivity (Wildman–Crippen MR) is 95.2 cm³/mol. The summed E-state index contributed by atoms with van der Waals surface area (Å²) >= 11 is 0. The van der Waals surface area contributed by atoms with Crippen molar-refractivity contribution >= 4 is 6.03 Å². The van der Waals surface area contributed by atoms with Crippen LogP contribution in [0.15, 0.2) is 24.3 Å². The number of nitrogens with zero attached hydrogens (tertiary/aromatic N) is 2. The molecule has 0 aliphatic carbocycles. The molecule has 2 fully saturated rings. The third kappa shape index (κ3) is 4.30. The zero-order valence-corrected chi connectivity index (χ0v) is 14.9. The molecule has 25 heavy (non-hydrogen) atoms. The smallest absolute Gasteiger partial charge is 0.317 e. The van der Waals surface area contributed by atoms with Crippen molar-refractivity contribution in [2.24, 2.45) is 0 Å². The Bertz CT molecular complexity index is 589. The summed E-state index contributed by atoms with van der Waals surface area (Å²) in [6, 6.07) is 8.34. The van der Waals surface area contributed by atoms with Gasteiger partial charge in [-0.1, -0.05) is 29.8 Å². The molecule has 2 aliphatic heterocycles. The third-order valence-electron chi connectivity index (χ3n) is 5.36. The van der Waals surface area contributed by atoms with E-state index in [0.717, 1.165) is 13.1 Å². The molecule has 3 rings (SSSR count). The molecule has 0 bridgehead atoms. The lowest BCUT2D eigenvalue weighted by Gasteiger charge is -2.29. The van der Waals surface area contributed by atoms with Crippen molar-refractivity contribution in [3.05, 3.63) is 35.4 Å². The number of likely N-dealkylation sites (tertiary alicyclic amines) is 2. The van der Waals surface area contributed by atoms with E-state index in [1.807, 2.05) is 0 Å². The van der Waals surface area contributed by atoms with Crippen molar-refractivity contribution in [2.75, 3.05) is 39.3 Å². The number of benzene rings is 1. The fraction of sp³-hybridized carbons (Fsp3) is 0.632. The van der Waals surface area contributed by atoms with Crippen LogP contribution in [0.1, 0.15) is 36.4 Å². The van der Waals surface area contributed by atoms with Gasteiger partial charge >= 0.3 is 6.03 Å². The second kappa shape index (κ2) is 7.70. The van der Waals surface area contributed by atoms with Gasteiger partial charge in [0.15, 0.2) is 5.67 Å². The SMILES string of the molecule is Cc1ccc(C(CNC(=O)N2CCC(F)(CO)C2)N2CCCC2)cc1. The normalized spacial score (nSPS) is 25.3. The van der Waals surface area contributed by atoms with Crippen molar-refractivity contribution in [1.29, 1.82) is 0 Å². The van der Waals surface area contributed by atoms with Crippen LogP contribution in [0.2, 0.25) is 0 Å². The van der Waals surface area contributed by atoms with Gasteiger partial charge in [-0.3, -0.25) is 4.90 Å². The Hall–Kier alpha value is -1.66. The monoisotopic (exact) mass is 349 g/mol. The molecule has 1 aromatic rings. The Morgan fingerprint density at radius 2 is 1.96 bits per heavy atom. The summed E-state index contributed by atoms with van der Waals surface area (Å²) in [7, 11) is 0. The number of urea groups is 1. The quantitative estimate of drug-likeness (QED) is 0.857. The lowest BCUT2D eigenvalue weighted by atomic mass is 10.0. The Labute approximate surface area is 148 Å². The van der Waals surface area contributed by atoms with Crippen LogP contribution >= 0.6 is 0 Å². The molecule has 2 N–H and O–H groups in total. The maximum atomic E-state index is 14.1. The maximum Gasteiger partial charge on any atom is 0.317 e. The van der Waals surface area contributed by atoms with Gasteiger partial charge < -0.3 is 15.3 Å². The van der Waals surface area contributed by atoms with Crippen molar-refractivity contribution < 1.29 is 14.3 Å². The first-order valence-corrected chi connectivity index (χ1v) is 9.14. The van der Waals surface area contributed by atoms with Crippen molar-refractivity contribution in [1.82, 2.24) is 15.1 Å². The Morgan fingerprint density at radius 1 is 1.28 bits per heavy atom. The van der Waals surface area contributed by atoms with Gasteiger partial charge in [-0.25, -0.2) is 9.18 Å². The topological polar surface area (TPSA) is 55.8 Å². The molecule has 6 heteroatoms. The molecule has 138 valence electrons. The number of aliphatic hydroxyl groups excluding tert-OH is 1. The van der Waals surface area contributed by atoms with Gasteiger partial charge in [-0.05, 0) is 38.4 Å². The highest BCUT2D eigenvalue weighted by atomic mass is 19.1. The van der Waals surface area contributed by atoms with Gasteiger partial charge in [0.05, 0.1) is 19.2 Å². The molecule has 2 amide bonds. The molecule has 5 nitrogen and oxygen atoms in total. The van der Waals surface area contributed by atoms with Gasteiger partial charge in [0.1, 0.15) is 0 Å². The number of hydrogen-bond acceptors (Lipinski definition) is 3. The minimum absolute atomic E-state index is 0.0335. The summed E-state index contributed by atoms with van der Waals surface area (Å²) < 4.78 is 14.1. The first kappa shape index (κ1) is 18.1. The van der Waals surface area contributed by atoms with Crippen LogP contribution in [0.25, 0.3) is 0 Å². The van der Waals surface area contributed by atoms with E-state index in [4.69, 9.17) is 5.11 Å². The number of aliphatic hydroxyl groups is 1. The lowest BCUT2D eigenvalue weighted by molar-refractivity contribution is 0.0804. The molecule has 1 aromatic carbocycles. The minimum Gasteiger partial charge on any atom is -0.393 e. The van der Waals surface area contributed by atoms with E-state index in [1.165, 1.54) is 28.9 Å². The van der Waals surface area contributed by atoms with E-state index >= 15 is 0 Å². The summed E-state index contributed by atoms with van der Waals surface area (Å²) in [6.45, 7) is 4.43. The standard InChI is InChI=1S/C19H28FN3O2/c1-15-4-6-16(7-5-15)17(22-9-2-3-10-22)12-21-18(25)23-11-8-19(20,13-23)14-24/h4-7,17,24H,2-3,8-14H2,1H3,(H,21,25). The summed E-state index contributed by atoms with van der Waals surface area (Å²) in [5.74, 6) is 0. The fourth-order valence-electron chi connectivity index (χ4n) is 3.73. The van der Waals surface area contributed by atoms with Crippen LogP contribution < -0.4 is 5.32 Å². The molecule has 0 saturated carbocycles. The Balaban J connectivity index is 1.62. The van der Waals surface area contributed by atoms with Crippen LogP contribution in [0.5, 0.6) is 0 Å². The predicted octanol–water partition coefficient (Wildman–Crippen LogP) is 2.25. The number of hydrogen-bond donors (Lipinski definition) is 2. The van der Waals surface area contributed by atoms with E-state index in [2.05, 4.69) is 41.4 Å². The average Bonchev–Trinajstić information content (AvgIpc) is 3.27. The zero-order valence-electron chi connectivity index (χ0n) is 14.9. The number of nitrogens with one attached hydrogen (secondary N) is 1. The number of rotatable bonds is 5. The number of alkyl halides is 1.